The van der Waals surface area contributed by atoms with E-state index in [2.05, 4.69) is 31.2 Å². The standard InChI is InChI=1S/C25H26FN5O2/c1-4-27-22-11-17(5-6-19(22)25(32)33)21-13-24(30-14-29-21)28-7-8-31-16(3)10-20-15(2)9-18(26)12-23(20)31/h5-6,9-14,27H,4,7-8H2,1-3H3,(H,32,33)(H,28,29,30). The van der Waals surface area contributed by atoms with Crippen LogP contribution in [0.15, 0.2) is 48.8 Å². The van der Waals surface area contributed by atoms with Crippen molar-refractivity contribution in [2.75, 3.05) is 23.7 Å². The van der Waals surface area contributed by atoms with E-state index >= 15 is 0 Å². The van der Waals surface area contributed by atoms with Gasteiger partial charge < -0.3 is 20.3 Å². The van der Waals surface area contributed by atoms with Crippen molar-refractivity contribution in [2.45, 2.75) is 27.3 Å². The highest BCUT2D eigenvalue weighted by Gasteiger charge is 2.13. The summed E-state index contributed by atoms with van der Waals surface area (Å²) in [5.41, 5.74) is 5.11. The topological polar surface area (TPSA) is 92.1 Å². The second-order valence-corrected chi connectivity index (χ2v) is 7.90. The van der Waals surface area contributed by atoms with Crippen LogP contribution in [-0.4, -0.2) is 38.7 Å². The number of hydrogen-bond donors (Lipinski definition) is 3. The van der Waals surface area contributed by atoms with Crippen LogP contribution in [0.3, 0.4) is 0 Å². The molecule has 8 heteroatoms. The van der Waals surface area contributed by atoms with Crippen LogP contribution < -0.4 is 10.6 Å². The molecule has 170 valence electrons. The molecule has 0 amide bonds. The SMILES string of the molecule is CCNc1cc(-c2cc(NCCn3c(C)cc4c(C)cc(F)cc43)ncn2)ccc1C(=O)O. The number of halogens is 1. The Morgan fingerprint density at radius 2 is 1.91 bits per heavy atom. The Bertz CT molecular complexity index is 1330. The molecule has 0 unspecified atom stereocenters. The fourth-order valence-electron chi connectivity index (χ4n) is 4.06. The Morgan fingerprint density at radius 3 is 2.67 bits per heavy atom. The number of rotatable bonds is 8. The zero-order valence-corrected chi connectivity index (χ0v) is 18.8. The number of aryl methyl sites for hydroxylation is 2. The number of fused-ring (bicyclic) bond motifs is 1. The van der Waals surface area contributed by atoms with E-state index in [0.29, 0.717) is 36.8 Å². The number of anilines is 2. The molecule has 0 fully saturated rings. The molecule has 4 aromatic rings. The summed E-state index contributed by atoms with van der Waals surface area (Å²) >= 11 is 0. The molecular weight excluding hydrogens is 421 g/mol. The van der Waals surface area contributed by atoms with E-state index in [0.717, 1.165) is 27.7 Å². The predicted molar refractivity (Wildman–Crippen MR) is 128 cm³/mol. The lowest BCUT2D eigenvalue weighted by Crippen LogP contribution is -2.12. The first kappa shape index (κ1) is 22.3. The van der Waals surface area contributed by atoms with Gasteiger partial charge in [0.15, 0.2) is 0 Å². The van der Waals surface area contributed by atoms with Gasteiger partial charge in [0.2, 0.25) is 0 Å². The van der Waals surface area contributed by atoms with Gasteiger partial charge in [-0.1, -0.05) is 6.07 Å². The molecule has 0 aliphatic heterocycles. The normalized spacial score (nSPS) is 11.0. The maximum atomic E-state index is 13.9. The third-order valence-corrected chi connectivity index (χ3v) is 5.62. The summed E-state index contributed by atoms with van der Waals surface area (Å²) < 4.78 is 16.0. The van der Waals surface area contributed by atoms with Gasteiger partial charge in [0.1, 0.15) is 18.0 Å². The summed E-state index contributed by atoms with van der Waals surface area (Å²) in [6, 6.07) is 12.1. The quantitative estimate of drug-likeness (QED) is 0.348. The summed E-state index contributed by atoms with van der Waals surface area (Å²) in [4.78, 5) is 20.1. The molecular formula is C25H26FN5O2. The highest BCUT2D eigenvalue weighted by atomic mass is 19.1. The van der Waals surface area contributed by atoms with Gasteiger partial charge in [0, 0.05) is 48.0 Å². The zero-order valence-electron chi connectivity index (χ0n) is 18.8. The van der Waals surface area contributed by atoms with E-state index in [-0.39, 0.29) is 11.4 Å². The molecule has 0 spiro atoms. The molecule has 0 bridgehead atoms. The van der Waals surface area contributed by atoms with Crippen molar-refractivity contribution in [2.24, 2.45) is 0 Å². The Labute approximate surface area is 191 Å². The van der Waals surface area contributed by atoms with Crippen molar-refractivity contribution >= 4 is 28.4 Å². The van der Waals surface area contributed by atoms with Crippen molar-refractivity contribution in [3.05, 3.63) is 71.4 Å². The van der Waals surface area contributed by atoms with E-state index in [1.54, 1.807) is 30.3 Å². The molecule has 0 saturated carbocycles. The second-order valence-electron chi connectivity index (χ2n) is 7.90. The minimum absolute atomic E-state index is 0.217. The van der Waals surface area contributed by atoms with Gasteiger partial charge in [0.25, 0.3) is 0 Å². The minimum Gasteiger partial charge on any atom is -0.478 e. The summed E-state index contributed by atoms with van der Waals surface area (Å²) in [6.07, 6.45) is 1.48. The second kappa shape index (κ2) is 9.28. The number of aromatic carboxylic acids is 1. The first-order valence-electron chi connectivity index (χ1n) is 10.8. The summed E-state index contributed by atoms with van der Waals surface area (Å²) in [5.74, 6) is -0.562. The number of aromatic nitrogens is 3. The summed E-state index contributed by atoms with van der Waals surface area (Å²) in [7, 11) is 0. The van der Waals surface area contributed by atoms with E-state index in [4.69, 9.17) is 0 Å². The molecule has 0 atom stereocenters. The number of nitrogens with one attached hydrogen (secondary N) is 2. The molecule has 2 aromatic carbocycles. The lowest BCUT2D eigenvalue weighted by molar-refractivity contribution is 0.0698. The zero-order chi connectivity index (χ0) is 23.5. The lowest BCUT2D eigenvalue weighted by Gasteiger charge is -2.12. The maximum Gasteiger partial charge on any atom is 0.337 e. The first-order chi connectivity index (χ1) is 15.9. The van der Waals surface area contributed by atoms with E-state index in [1.165, 1.54) is 6.33 Å². The number of benzene rings is 2. The monoisotopic (exact) mass is 447 g/mol. The highest BCUT2D eigenvalue weighted by Crippen LogP contribution is 2.26. The average molecular weight is 448 g/mol. The van der Waals surface area contributed by atoms with Crippen molar-refractivity contribution < 1.29 is 14.3 Å². The Balaban J connectivity index is 1.52. The predicted octanol–water partition coefficient (Wildman–Crippen LogP) is 5.10. The van der Waals surface area contributed by atoms with Crippen molar-refractivity contribution in [3.63, 3.8) is 0 Å². The van der Waals surface area contributed by atoms with Crippen LogP contribution in [0.25, 0.3) is 22.2 Å². The van der Waals surface area contributed by atoms with Gasteiger partial charge in [-0.3, -0.25) is 0 Å². The van der Waals surface area contributed by atoms with E-state index in [1.807, 2.05) is 26.8 Å². The van der Waals surface area contributed by atoms with Gasteiger partial charge in [-0.25, -0.2) is 19.2 Å². The fourth-order valence-corrected chi connectivity index (χ4v) is 4.06. The van der Waals surface area contributed by atoms with Crippen molar-refractivity contribution in [1.29, 1.82) is 0 Å². The smallest absolute Gasteiger partial charge is 0.337 e. The van der Waals surface area contributed by atoms with Gasteiger partial charge >= 0.3 is 5.97 Å². The Hall–Kier alpha value is -3.94. The van der Waals surface area contributed by atoms with Gasteiger partial charge in [-0.05, 0) is 56.7 Å². The number of carboxylic acid groups (broad SMARTS) is 1. The largest absolute Gasteiger partial charge is 0.478 e. The third-order valence-electron chi connectivity index (χ3n) is 5.62. The van der Waals surface area contributed by atoms with Crippen molar-refractivity contribution in [3.8, 4) is 11.3 Å². The molecule has 0 saturated heterocycles. The van der Waals surface area contributed by atoms with Gasteiger partial charge in [0.05, 0.1) is 16.8 Å². The molecule has 7 nitrogen and oxygen atoms in total. The van der Waals surface area contributed by atoms with Crippen LogP contribution in [0.5, 0.6) is 0 Å². The minimum atomic E-state index is -0.981. The van der Waals surface area contributed by atoms with Crippen LogP contribution in [0.4, 0.5) is 15.9 Å². The van der Waals surface area contributed by atoms with E-state index < -0.39 is 5.97 Å². The number of carboxylic acids is 1. The number of carbonyl (C=O) groups is 1. The molecule has 4 rings (SSSR count). The van der Waals surface area contributed by atoms with Gasteiger partial charge in [-0.15, -0.1) is 0 Å². The molecule has 0 aliphatic carbocycles. The van der Waals surface area contributed by atoms with Crippen LogP contribution in [0, 0.1) is 19.7 Å². The van der Waals surface area contributed by atoms with E-state index in [9.17, 15) is 14.3 Å². The lowest BCUT2D eigenvalue weighted by atomic mass is 10.1. The van der Waals surface area contributed by atoms with Crippen LogP contribution in [0.2, 0.25) is 0 Å². The van der Waals surface area contributed by atoms with Crippen LogP contribution in [0.1, 0.15) is 28.5 Å². The summed E-state index contributed by atoms with van der Waals surface area (Å²) in [6.45, 7) is 7.70. The average Bonchev–Trinajstić information content (AvgIpc) is 3.10. The maximum absolute atomic E-state index is 13.9. The summed E-state index contributed by atoms with van der Waals surface area (Å²) in [5, 5.41) is 16.8. The molecule has 2 aromatic heterocycles. The first-order valence-corrected chi connectivity index (χ1v) is 10.8. The molecule has 33 heavy (non-hydrogen) atoms. The number of hydrogen-bond acceptors (Lipinski definition) is 5. The highest BCUT2D eigenvalue weighted by molar-refractivity contribution is 5.95. The third kappa shape index (κ3) is 4.64. The van der Waals surface area contributed by atoms with Gasteiger partial charge in [-0.2, -0.15) is 0 Å². The molecule has 0 radical (unpaired) electrons. The molecule has 3 N–H and O–H groups in total. The Morgan fingerprint density at radius 1 is 1.09 bits per heavy atom. The van der Waals surface area contributed by atoms with Crippen LogP contribution >= 0.6 is 0 Å². The number of nitrogens with zero attached hydrogens (tertiary/aromatic N) is 3. The molecule has 2 heterocycles. The van der Waals surface area contributed by atoms with Crippen molar-refractivity contribution in [1.82, 2.24) is 14.5 Å². The molecule has 0 aliphatic rings. The fraction of sp³-hybridized carbons (Fsp3) is 0.240. The van der Waals surface area contributed by atoms with Crippen LogP contribution in [-0.2, 0) is 6.54 Å². The Kier molecular flexibility index (Phi) is 6.26.